The van der Waals surface area contributed by atoms with Crippen LogP contribution in [0, 0.1) is 17.1 Å². The Bertz CT molecular complexity index is 647. The summed E-state index contributed by atoms with van der Waals surface area (Å²) in [5.74, 6) is 0.191. The van der Waals surface area contributed by atoms with Gasteiger partial charge in [0, 0.05) is 5.56 Å². The molecule has 0 heterocycles. The number of hydrogen-bond acceptors (Lipinski definition) is 3. The van der Waals surface area contributed by atoms with E-state index in [1.807, 2.05) is 13.0 Å². The first-order chi connectivity index (χ1) is 10.1. The van der Waals surface area contributed by atoms with E-state index in [2.05, 4.69) is 0 Å². The van der Waals surface area contributed by atoms with E-state index in [1.54, 1.807) is 24.3 Å². The minimum Gasteiger partial charge on any atom is -0.489 e. The molecule has 2 aromatic carbocycles. The zero-order chi connectivity index (χ0) is 15.2. The number of benzene rings is 2. The third kappa shape index (κ3) is 3.80. The number of nitrogens with zero attached hydrogens (tertiary/aromatic N) is 1. The number of hydrogen-bond donors (Lipinski definition) is 1. The smallest absolute Gasteiger partial charge is 0.129 e. The molecule has 1 atom stereocenters. The van der Waals surface area contributed by atoms with Crippen molar-refractivity contribution in [1.82, 2.24) is 0 Å². The van der Waals surface area contributed by atoms with Crippen LogP contribution in [0.2, 0.25) is 0 Å². The molecule has 108 valence electrons. The van der Waals surface area contributed by atoms with Gasteiger partial charge in [-0.3, -0.25) is 0 Å². The number of nitriles is 1. The van der Waals surface area contributed by atoms with Crippen LogP contribution in [-0.4, -0.2) is 5.11 Å². The van der Waals surface area contributed by atoms with E-state index in [0.29, 0.717) is 23.3 Å². The lowest BCUT2D eigenvalue weighted by Crippen LogP contribution is -2.00. The van der Waals surface area contributed by atoms with Crippen molar-refractivity contribution in [2.45, 2.75) is 26.1 Å². The van der Waals surface area contributed by atoms with Gasteiger partial charge in [0.05, 0.1) is 17.7 Å². The summed E-state index contributed by atoms with van der Waals surface area (Å²) in [5.41, 5.74) is 1.56. The fraction of sp³-hybridized carbons (Fsp3) is 0.235. The topological polar surface area (TPSA) is 53.2 Å². The van der Waals surface area contributed by atoms with Crippen LogP contribution in [0.4, 0.5) is 4.39 Å². The molecule has 0 radical (unpaired) electrons. The standard InChI is InChI=1S/C17H16FNO2/c1-2-17(20)13-4-6-15(7-5-13)21-11-14-9-12(10-19)3-8-16(14)18/h3-9,17,20H,2,11H2,1H3/t17-/m1/s1. The summed E-state index contributed by atoms with van der Waals surface area (Å²) in [7, 11) is 0. The second-order valence-corrected chi connectivity index (χ2v) is 4.70. The van der Waals surface area contributed by atoms with E-state index < -0.39 is 11.9 Å². The molecule has 2 aromatic rings. The van der Waals surface area contributed by atoms with Crippen LogP contribution in [-0.2, 0) is 6.61 Å². The highest BCUT2D eigenvalue weighted by molar-refractivity contribution is 5.34. The van der Waals surface area contributed by atoms with Crippen LogP contribution < -0.4 is 4.74 Å². The molecule has 0 amide bonds. The maximum atomic E-state index is 13.6. The SMILES string of the molecule is CC[C@@H](O)c1ccc(OCc2cc(C#N)ccc2F)cc1. The maximum absolute atomic E-state index is 13.6. The molecule has 21 heavy (non-hydrogen) atoms. The number of aliphatic hydroxyl groups is 1. The van der Waals surface area contributed by atoms with Gasteiger partial charge >= 0.3 is 0 Å². The Balaban J connectivity index is 2.05. The molecule has 1 N–H and O–H groups in total. The Labute approximate surface area is 123 Å². The zero-order valence-corrected chi connectivity index (χ0v) is 11.7. The van der Waals surface area contributed by atoms with Crippen molar-refractivity contribution in [3.63, 3.8) is 0 Å². The van der Waals surface area contributed by atoms with Gasteiger partial charge in [0.2, 0.25) is 0 Å². The van der Waals surface area contributed by atoms with Gasteiger partial charge < -0.3 is 9.84 Å². The van der Waals surface area contributed by atoms with E-state index in [1.165, 1.54) is 18.2 Å². The molecule has 3 nitrogen and oxygen atoms in total. The van der Waals surface area contributed by atoms with Crippen molar-refractivity contribution in [2.24, 2.45) is 0 Å². The molecule has 0 aromatic heterocycles. The largest absolute Gasteiger partial charge is 0.489 e. The first kappa shape index (κ1) is 15.0. The van der Waals surface area contributed by atoms with Gasteiger partial charge in [-0.15, -0.1) is 0 Å². The van der Waals surface area contributed by atoms with E-state index in [9.17, 15) is 9.50 Å². The van der Waals surface area contributed by atoms with Gasteiger partial charge in [-0.2, -0.15) is 5.26 Å². The fourth-order valence-electron chi connectivity index (χ4n) is 1.94. The first-order valence-corrected chi connectivity index (χ1v) is 6.73. The predicted octanol–water partition coefficient (Wildman–Crippen LogP) is 3.72. The summed E-state index contributed by atoms with van der Waals surface area (Å²) in [6.45, 7) is 1.96. The van der Waals surface area contributed by atoms with Crippen LogP contribution in [0.5, 0.6) is 5.75 Å². The lowest BCUT2D eigenvalue weighted by Gasteiger charge is -2.10. The zero-order valence-electron chi connectivity index (χ0n) is 11.7. The Hall–Kier alpha value is -2.38. The second kappa shape index (κ2) is 6.87. The summed E-state index contributed by atoms with van der Waals surface area (Å²) < 4.78 is 19.1. The lowest BCUT2D eigenvalue weighted by molar-refractivity contribution is 0.173. The number of halogens is 1. The highest BCUT2D eigenvalue weighted by atomic mass is 19.1. The monoisotopic (exact) mass is 285 g/mol. The van der Waals surface area contributed by atoms with Crippen molar-refractivity contribution in [3.05, 3.63) is 65.0 Å². The molecule has 0 fully saturated rings. The number of ether oxygens (including phenoxy) is 1. The number of rotatable bonds is 5. The first-order valence-electron chi connectivity index (χ1n) is 6.73. The quantitative estimate of drug-likeness (QED) is 0.911. The molecule has 0 saturated heterocycles. The lowest BCUT2D eigenvalue weighted by atomic mass is 10.1. The molecule has 0 unspecified atom stereocenters. The molecule has 0 bridgehead atoms. The molecular weight excluding hydrogens is 269 g/mol. The van der Waals surface area contributed by atoms with Gasteiger partial charge in [0.25, 0.3) is 0 Å². The van der Waals surface area contributed by atoms with Gasteiger partial charge in [-0.05, 0) is 42.3 Å². The Morgan fingerprint density at radius 3 is 2.57 bits per heavy atom. The summed E-state index contributed by atoms with van der Waals surface area (Å²) in [4.78, 5) is 0. The van der Waals surface area contributed by atoms with E-state index in [0.717, 1.165) is 5.56 Å². The van der Waals surface area contributed by atoms with Crippen LogP contribution in [0.3, 0.4) is 0 Å². The van der Waals surface area contributed by atoms with Gasteiger partial charge in [-0.25, -0.2) is 4.39 Å². The summed E-state index contributed by atoms with van der Waals surface area (Å²) in [6, 6.07) is 13.2. The molecule has 0 aliphatic rings. The van der Waals surface area contributed by atoms with Crippen LogP contribution in [0.25, 0.3) is 0 Å². The third-order valence-corrected chi connectivity index (χ3v) is 3.22. The highest BCUT2D eigenvalue weighted by Crippen LogP contribution is 2.21. The van der Waals surface area contributed by atoms with Crippen molar-refractivity contribution in [1.29, 1.82) is 5.26 Å². The average Bonchev–Trinajstić information content (AvgIpc) is 2.54. The molecule has 0 spiro atoms. The molecular formula is C17H16FNO2. The highest BCUT2D eigenvalue weighted by Gasteiger charge is 2.07. The van der Waals surface area contributed by atoms with Crippen molar-refractivity contribution in [3.8, 4) is 11.8 Å². The maximum Gasteiger partial charge on any atom is 0.129 e. The molecule has 0 saturated carbocycles. The molecule has 2 rings (SSSR count). The normalized spacial score (nSPS) is 11.7. The molecule has 0 aliphatic heterocycles. The van der Waals surface area contributed by atoms with E-state index >= 15 is 0 Å². The summed E-state index contributed by atoms with van der Waals surface area (Å²) >= 11 is 0. The minimum atomic E-state index is -0.483. The summed E-state index contributed by atoms with van der Waals surface area (Å²) in [5, 5.41) is 18.5. The van der Waals surface area contributed by atoms with Crippen molar-refractivity contribution in [2.75, 3.05) is 0 Å². The van der Waals surface area contributed by atoms with Crippen molar-refractivity contribution >= 4 is 0 Å². The Kier molecular flexibility index (Phi) is 4.91. The Morgan fingerprint density at radius 1 is 1.24 bits per heavy atom. The van der Waals surface area contributed by atoms with Crippen LogP contribution in [0.15, 0.2) is 42.5 Å². The molecule has 4 heteroatoms. The van der Waals surface area contributed by atoms with Gasteiger partial charge in [-0.1, -0.05) is 19.1 Å². The van der Waals surface area contributed by atoms with Crippen LogP contribution in [0.1, 0.15) is 36.1 Å². The van der Waals surface area contributed by atoms with Gasteiger partial charge in [0.1, 0.15) is 18.2 Å². The number of aliphatic hydroxyl groups excluding tert-OH is 1. The fourth-order valence-corrected chi connectivity index (χ4v) is 1.94. The minimum absolute atomic E-state index is 0.0526. The van der Waals surface area contributed by atoms with Crippen LogP contribution >= 0.6 is 0 Å². The summed E-state index contributed by atoms with van der Waals surface area (Å²) in [6.07, 6.45) is 0.163. The predicted molar refractivity (Wildman–Crippen MR) is 77.1 cm³/mol. The second-order valence-electron chi connectivity index (χ2n) is 4.70. The third-order valence-electron chi connectivity index (χ3n) is 3.22. The average molecular weight is 285 g/mol. The Morgan fingerprint density at radius 2 is 1.95 bits per heavy atom. The van der Waals surface area contributed by atoms with Gasteiger partial charge in [0.15, 0.2) is 0 Å². The molecule has 0 aliphatic carbocycles. The van der Waals surface area contributed by atoms with Crippen molar-refractivity contribution < 1.29 is 14.2 Å². The van der Waals surface area contributed by atoms with E-state index in [-0.39, 0.29) is 6.61 Å². The van der Waals surface area contributed by atoms with E-state index in [4.69, 9.17) is 10.00 Å².